The average molecular weight is 626 g/mol. The van der Waals surface area contributed by atoms with Crippen LogP contribution < -0.4 is 5.32 Å². The summed E-state index contributed by atoms with van der Waals surface area (Å²) < 4.78 is 97.8. The van der Waals surface area contributed by atoms with E-state index in [-0.39, 0.29) is 38.7 Å². The van der Waals surface area contributed by atoms with Crippen molar-refractivity contribution in [3.8, 4) is 0 Å². The van der Waals surface area contributed by atoms with Crippen LogP contribution in [0.1, 0.15) is 51.0 Å². The number of ether oxygens (including phenoxy) is 1. The van der Waals surface area contributed by atoms with Crippen molar-refractivity contribution in [2.24, 2.45) is 0 Å². The van der Waals surface area contributed by atoms with E-state index in [0.29, 0.717) is 32.4 Å². The molecular formula is C27H37F5N3O6P. The molecule has 0 radical (unpaired) electrons. The molecule has 1 N–H and O–H groups in total. The van der Waals surface area contributed by atoms with Crippen molar-refractivity contribution in [2.45, 2.75) is 75.0 Å². The van der Waals surface area contributed by atoms with Gasteiger partial charge in [-0.1, -0.05) is 30.3 Å². The van der Waals surface area contributed by atoms with Crippen LogP contribution in [0.3, 0.4) is 0 Å². The zero-order valence-corrected chi connectivity index (χ0v) is 24.5. The molecular weight excluding hydrogens is 588 g/mol. The molecule has 0 bridgehead atoms. The number of hydrogen-bond donors (Lipinski definition) is 1. The first-order valence-corrected chi connectivity index (χ1v) is 15.6. The van der Waals surface area contributed by atoms with Gasteiger partial charge in [0.25, 0.3) is 0 Å². The molecule has 2 amide bonds. The predicted octanol–water partition coefficient (Wildman–Crippen LogP) is 4.53. The molecule has 2 heterocycles. The van der Waals surface area contributed by atoms with Crippen LogP contribution in [0.25, 0.3) is 0 Å². The molecule has 42 heavy (non-hydrogen) atoms. The highest BCUT2D eigenvalue weighted by Gasteiger charge is 2.57. The number of piperidine rings is 1. The molecule has 4 rings (SSSR count). The van der Waals surface area contributed by atoms with Crippen molar-refractivity contribution in [1.29, 1.82) is 0 Å². The summed E-state index contributed by atoms with van der Waals surface area (Å²) in [6, 6.07) is 7.84. The maximum Gasteiger partial charge on any atom is 0.471 e. The minimum Gasteiger partial charge on any atom is -0.373 e. The van der Waals surface area contributed by atoms with Crippen molar-refractivity contribution in [3.63, 3.8) is 0 Å². The lowest BCUT2D eigenvalue weighted by Crippen LogP contribution is -2.51. The van der Waals surface area contributed by atoms with E-state index in [9.17, 15) is 36.1 Å². The quantitative estimate of drug-likeness (QED) is 0.269. The van der Waals surface area contributed by atoms with E-state index in [2.05, 4.69) is 5.32 Å². The average Bonchev–Trinajstić information content (AvgIpc) is 3.62. The molecule has 1 spiro atoms. The monoisotopic (exact) mass is 625 g/mol. The Balaban J connectivity index is 1.31. The number of likely N-dealkylation sites (tertiary alicyclic amines) is 1. The summed E-state index contributed by atoms with van der Waals surface area (Å²) in [7, 11) is -4.77. The molecule has 236 valence electrons. The second kappa shape index (κ2) is 12.9. The predicted molar refractivity (Wildman–Crippen MR) is 142 cm³/mol. The number of halogens is 5. The Morgan fingerprint density at radius 2 is 1.71 bits per heavy atom. The first-order chi connectivity index (χ1) is 19.7. The highest BCUT2D eigenvalue weighted by atomic mass is 31.2. The summed E-state index contributed by atoms with van der Waals surface area (Å²) in [5, 5.41) is 2.09. The Morgan fingerprint density at radius 3 is 2.29 bits per heavy atom. The van der Waals surface area contributed by atoms with E-state index in [1.807, 2.05) is 30.3 Å². The summed E-state index contributed by atoms with van der Waals surface area (Å²) in [6.07, 6.45) is -3.52. The normalized spacial score (nSPS) is 24.5. The summed E-state index contributed by atoms with van der Waals surface area (Å²) in [4.78, 5) is 27.6. The van der Waals surface area contributed by atoms with E-state index >= 15 is 0 Å². The fraction of sp³-hybridized carbons (Fsp3) is 0.704. The second-order valence-electron chi connectivity index (χ2n) is 10.9. The third kappa shape index (κ3) is 7.32. The summed E-state index contributed by atoms with van der Waals surface area (Å²) >= 11 is 0. The highest BCUT2D eigenvalue weighted by molar-refractivity contribution is 7.55. The Labute approximate surface area is 241 Å². The minimum absolute atomic E-state index is 0.0187. The van der Waals surface area contributed by atoms with Crippen molar-refractivity contribution >= 4 is 19.4 Å². The Bertz CT molecular complexity index is 1140. The Morgan fingerprint density at radius 1 is 1.10 bits per heavy atom. The fourth-order valence-electron chi connectivity index (χ4n) is 5.87. The zero-order chi connectivity index (χ0) is 30.8. The van der Waals surface area contributed by atoms with Gasteiger partial charge < -0.3 is 24.0 Å². The van der Waals surface area contributed by atoms with E-state index in [0.717, 1.165) is 10.5 Å². The maximum atomic E-state index is 14.5. The van der Waals surface area contributed by atoms with Gasteiger partial charge in [-0.2, -0.15) is 22.0 Å². The molecule has 2 aliphatic heterocycles. The van der Waals surface area contributed by atoms with E-state index < -0.39 is 55.5 Å². The van der Waals surface area contributed by atoms with Gasteiger partial charge in [-0.15, -0.1) is 0 Å². The SMILES string of the molecule is CCOP(=O)(OCC)C(F)(F)CNC(=O)CN1CCC2(CC1)CC(N(C(=O)C(F)(F)F)[C@@H]1C[C@H]1c1ccccc1)CO2. The molecule has 15 heteroatoms. The van der Waals surface area contributed by atoms with Gasteiger partial charge in [-0.05, 0) is 45.1 Å². The first kappa shape index (κ1) is 32.8. The van der Waals surface area contributed by atoms with Crippen molar-refractivity contribution in [3.05, 3.63) is 35.9 Å². The molecule has 9 nitrogen and oxygen atoms in total. The Hall–Kier alpha value is -2.12. The van der Waals surface area contributed by atoms with Crippen molar-refractivity contribution in [1.82, 2.24) is 15.1 Å². The molecule has 2 saturated heterocycles. The third-order valence-electron chi connectivity index (χ3n) is 8.03. The van der Waals surface area contributed by atoms with Crippen LogP contribution >= 0.6 is 7.60 Å². The molecule has 3 aliphatic rings. The van der Waals surface area contributed by atoms with Crippen LogP contribution in [-0.2, 0) is 27.9 Å². The standard InChI is InChI=1S/C27H37F5N3O6P/c1-3-40-42(38,41-4-2)26(28,29)18-33-23(36)16-34-12-10-25(11-13-34)15-20(17-39-25)35(24(37)27(30,31)32)22-14-21(22)19-8-6-5-7-9-19/h5-9,20-22H,3-4,10-18H2,1-2H3,(H,33,36)/t20?,21-,22+/m0/s1. The number of benzene rings is 1. The minimum atomic E-state index is -5.01. The lowest BCUT2D eigenvalue weighted by atomic mass is 9.87. The molecule has 3 fully saturated rings. The molecule has 1 aromatic rings. The number of nitrogens with zero attached hydrogens (tertiary/aromatic N) is 2. The second-order valence-corrected chi connectivity index (χ2v) is 13.1. The summed E-state index contributed by atoms with van der Waals surface area (Å²) in [5.41, 5.74) is -3.78. The number of carbonyl (C=O) groups excluding carboxylic acids is 2. The molecule has 1 saturated carbocycles. The van der Waals surface area contributed by atoms with Gasteiger partial charge in [-0.25, -0.2) is 0 Å². The number of amides is 2. The molecule has 3 atom stereocenters. The van der Waals surface area contributed by atoms with Crippen LogP contribution in [0.2, 0.25) is 0 Å². The largest absolute Gasteiger partial charge is 0.471 e. The fourth-order valence-corrected chi connectivity index (χ4v) is 7.28. The van der Waals surface area contributed by atoms with E-state index in [1.54, 1.807) is 4.90 Å². The van der Waals surface area contributed by atoms with Gasteiger partial charge >= 0.3 is 25.3 Å². The number of rotatable bonds is 12. The van der Waals surface area contributed by atoms with Crippen LogP contribution in [0.4, 0.5) is 22.0 Å². The molecule has 1 aliphatic carbocycles. The summed E-state index contributed by atoms with van der Waals surface area (Å²) in [6.45, 7) is 1.53. The van der Waals surface area contributed by atoms with Crippen LogP contribution in [0.5, 0.6) is 0 Å². The van der Waals surface area contributed by atoms with Crippen LogP contribution in [0.15, 0.2) is 30.3 Å². The lowest BCUT2D eigenvalue weighted by molar-refractivity contribution is -0.188. The number of nitrogens with one attached hydrogen (secondary N) is 1. The van der Waals surface area contributed by atoms with Crippen LogP contribution in [-0.4, -0.2) is 97.1 Å². The topological polar surface area (TPSA) is 97.4 Å². The van der Waals surface area contributed by atoms with Gasteiger partial charge in [0.15, 0.2) is 0 Å². The molecule has 0 aromatic heterocycles. The Kier molecular flexibility index (Phi) is 10.0. The highest BCUT2D eigenvalue weighted by Crippen LogP contribution is 2.61. The first-order valence-electron chi connectivity index (χ1n) is 14.1. The zero-order valence-electron chi connectivity index (χ0n) is 23.6. The maximum absolute atomic E-state index is 14.5. The van der Waals surface area contributed by atoms with E-state index in [1.165, 1.54) is 13.8 Å². The molecule has 1 unspecified atom stereocenters. The summed E-state index contributed by atoms with van der Waals surface area (Å²) in [5.74, 6) is -2.74. The smallest absolute Gasteiger partial charge is 0.373 e. The molecule has 1 aromatic carbocycles. The van der Waals surface area contributed by atoms with Crippen LogP contribution in [0, 0.1) is 0 Å². The van der Waals surface area contributed by atoms with Gasteiger partial charge in [0, 0.05) is 25.0 Å². The number of alkyl halides is 5. The van der Waals surface area contributed by atoms with Gasteiger partial charge in [0.1, 0.15) is 0 Å². The van der Waals surface area contributed by atoms with Crippen molar-refractivity contribution < 1.29 is 49.9 Å². The number of hydrogen-bond acceptors (Lipinski definition) is 7. The van der Waals surface area contributed by atoms with E-state index in [4.69, 9.17) is 13.8 Å². The van der Waals surface area contributed by atoms with Gasteiger partial charge in [0.2, 0.25) is 5.91 Å². The van der Waals surface area contributed by atoms with Crippen molar-refractivity contribution in [2.75, 3.05) is 46.0 Å². The van der Waals surface area contributed by atoms with Gasteiger partial charge in [0.05, 0.1) is 44.6 Å². The van der Waals surface area contributed by atoms with Gasteiger partial charge in [-0.3, -0.25) is 19.1 Å². The third-order valence-corrected chi connectivity index (χ3v) is 10.2. The lowest BCUT2D eigenvalue weighted by Gasteiger charge is -2.39. The number of carbonyl (C=O) groups is 2.